The Labute approximate surface area is 157 Å². The average molecular weight is 367 g/mol. The molecule has 0 saturated carbocycles. The number of benzene rings is 1. The SMILES string of the molecule is Cc1ccccc1N=C1NC(=O)/C(=C/c2ccc(N3CCCCC3)o2)S1. The largest absolute Gasteiger partial charge is 0.441 e. The van der Waals surface area contributed by atoms with Crippen molar-refractivity contribution in [1.82, 2.24) is 5.32 Å². The highest BCUT2D eigenvalue weighted by Gasteiger charge is 2.24. The number of amides is 1. The summed E-state index contributed by atoms with van der Waals surface area (Å²) in [5.41, 5.74) is 1.94. The summed E-state index contributed by atoms with van der Waals surface area (Å²) in [6.07, 6.45) is 5.48. The molecule has 6 heteroatoms. The van der Waals surface area contributed by atoms with Crippen LogP contribution >= 0.6 is 11.8 Å². The highest BCUT2D eigenvalue weighted by molar-refractivity contribution is 8.18. The first-order chi connectivity index (χ1) is 12.7. The summed E-state index contributed by atoms with van der Waals surface area (Å²) in [6, 6.07) is 11.8. The van der Waals surface area contributed by atoms with Gasteiger partial charge in [-0.3, -0.25) is 4.79 Å². The van der Waals surface area contributed by atoms with Crippen molar-refractivity contribution in [2.24, 2.45) is 4.99 Å². The van der Waals surface area contributed by atoms with Gasteiger partial charge in [-0.15, -0.1) is 0 Å². The molecule has 1 amide bonds. The second-order valence-electron chi connectivity index (χ2n) is 6.49. The first-order valence-electron chi connectivity index (χ1n) is 8.89. The normalized spacial score (nSPS) is 20.8. The number of carbonyl (C=O) groups is 1. The maximum Gasteiger partial charge on any atom is 0.264 e. The molecule has 3 heterocycles. The molecule has 1 aromatic carbocycles. The van der Waals surface area contributed by atoms with Crippen molar-refractivity contribution in [3.05, 3.63) is 52.6 Å². The van der Waals surface area contributed by atoms with Gasteiger partial charge in [0, 0.05) is 25.2 Å². The van der Waals surface area contributed by atoms with Crippen LogP contribution in [0, 0.1) is 6.92 Å². The predicted molar refractivity (Wildman–Crippen MR) is 107 cm³/mol. The van der Waals surface area contributed by atoms with E-state index >= 15 is 0 Å². The number of piperidine rings is 1. The third kappa shape index (κ3) is 3.70. The average Bonchev–Trinajstić information content (AvgIpc) is 3.25. The molecule has 26 heavy (non-hydrogen) atoms. The predicted octanol–water partition coefficient (Wildman–Crippen LogP) is 4.47. The lowest BCUT2D eigenvalue weighted by molar-refractivity contribution is -0.115. The van der Waals surface area contributed by atoms with E-state index in [2.05, 4.69) is 15.2 Å². The second-order valence-corrected chi connectivity index (χ2v) is 7.52. The van der Waals surface area contributed by atoms with Gasteiger partial charge in [0.15, 0.2) is 11.1 Å². The Morgan fingerprint density at radius 1 is 1.15 bits per heavy atom. The molecular formula is C20H21N3O2S. The highest BCUT2D eigenvalue weighted by Crippen LogP contribution is 2.30. The Balaban J connectivity index is 1.50. The van der Waals surface area contributed by atoms with Crippen LogP contribution in [0.3, 0.4) is 0 Å². The monoisotopic (exact) mass is 367 g/mol. The minimum atomic E-state index is -0.141. The van der Waals surface area contributed by atoms with Crippen LogP contribution in [0.1, 0.15) is 30.6 Å². The molecule has 134 valence electrons. The summed E-state index contributed by atoms with van der Waals surface area (Å²) < 4.78 is 5.92. The van der Waals surface area contributed by atoms with Crippen LogP contribution in [-0.4, -0.2) is 24.2 Å². The highest BCUT2D eigenvalue weighted by atomic mass is 32.2. The Hall–Kier alpha value is -2.47. The number of thioether (sulfide) groups is 1. The molecule has 2 saturated heterocycles. The zero-order valence-electron chi connectivity index (χ0n) is 14.7. The zero-order valence-corrected chi connectivity index (χ0v) is 15.5. The van der Waals surface area contributed by atoms with Gasteiger partial charge in [-0.05, 0) is 55.6 Å². The van der Waals surface area contributed by atoms with Crippen LogP contribution in [0.25, 0.3) is 6.08 Å². The number of hydrogen-bond acceptors (Lipinski definition) is 5. The molecule has 0 radical (unpaired) electrons. The van der Waals surface area contributed by atoms with Gasteiger partial charge in [0.05, 0.1) is 10.6 Å². The number of nitrogens with zero attached hydrogens (tertiary/aromatic N) is 2. The van der Waals surface area contributed by atoms with Gasteiger partial charge >= 0.3 is 0 Å². The maximum absolute atomic E-state index is 12.2. The first kappa shape index (κ1) is 17.0. The molecule has 0 unspecified atom stereocenters. The summed E-state index contributed by atoms with van der Waals surface area (Å²) >= 11 is 1.34. The van der Waals surface area contributed by atoms with Crippen LogP contribution < -0.4 is 10.2 Å². The maximum atomic E-state index is 12.2. The fourth-order valence-corrected chi connectivity index (χ4v) is 3.93. The van der Waals surface area contributed by atoms with Gasteiger partial charge in [0.2, 0.25) is 0 Å². The number of rotatable bonds is 3. The lowest BCUT2D eigenvalue weighted by atomic mass is 10.1. The smallest absolute Gasteiger partial charge is 0.264 e. The number of furan rings is 1. The van der Waals surface area contributed by atoms with Crippen LogP contribution in [0.15, 0.2) is 50.7 Å². The third-order valence-electron chi connectivity index (χ3n) is 4.54. The molecule has 2 aromatic rings. The van der Waals surface area contributed by atoms with Crippen molar-refractivity contribution in [3.8, 4) is 0 Å². The van der Waals surface area contributed by atoms with Crippen LogP contribution in [0.4, 0.5) is 11.6 Å². The van der Waals surface area contributed by atoms with E-state index in [1.54, 1.807) is 6.08 Å². The fourth-order valence-electron chi connectivity index (χ4n) is 3.11. The topological polar surface area (TPSA) is 57.8 Å². The number of nitrogens with one attached hydrogen (secondary N) is 1. The van der Waals surface area contributed by atoms with E-state index in [9.17, 15) is 4.79 Å². The van der Waals surface area contributed by atoms with E-state index in [-0.39, 0.29) is 5.91 Å². The molecule has 2 aliphatic heterocycles. The van der Waals surface area contributed by atoms with Crippen molar-refractivity contribution in [2.45, 2.75) is 26.2 Å². The van der Waals surface area contributed by atoms with Crippen LogP contribution in [0.5, 0.6) is 0 Å². The Morgan fingerprint density at radius 3 is 2.77 bits per heavy atom. The molecular weight excluding hydrogens is 346 g/mol. The lowest BCUT2D eigenvalue weighted by Crippen LogP contribution is -2.28. The van der Waals surface area contributed by atoms with Gasteiger partial charge in [-0.1, -0.05) is 18.2 Å². The summed E-state index contributed by atoms with van der Waals surface area (Å²) in [5.74, 6) is 1.44. The molecule has 2 aliphatic rings. The fraction of sp³-hybridized carbons (Fsp3) is 0.300. The Kier molecular flexibility index (Phi) is 4.84. The summed E-state index contributed by atoms with van der Waals surface area (Å²) in [6.45, 7) is 4.07. The van der Waals surface area contributed by atoms with Crippen molar-refractivity contribution in [1.29, 1.82) is 0 Å². The van der Waals surface area contributed by atoms with Gasteiger partial charge in [0.25, 0.3) is 5.91 Å². The molecule has 1 aromatic heterocycles. The van der Waals surface area contributed by atoms with Gasteiger partial charge in [0.1, 0.15) is 5.76 Å². The summed E-state index contributed by atoms with van der Waals surface area (Å²) in [5, 5.41) is 3.42. The van der Waals surface area contributed by atoms with E-state index in [1.807, 2.05) is 43.3 Å². The number of aliphatic imine (C=N–C) groups is 1. The quantitative estimate of drug-likeness (QED) is 0.813. The van der Waals surface area contributed by atoms with E-state index in [1.165, 1.54) is 31.0 Å². The number of carbonyl (C=O) groups excluding carboxylic acids is 1. The standard InChI is InChI=1S/C20H21N3O2S/c1-14-7-3-4-8-16(14)21-20-22-19(24)17(26-20)13-15-9-10-18(25-15)23-11-5-2-6-12-23/h3-4,7-10,13H,2,5-6,11-12H2,1H3,(H,21,22,24)/b17-13-. The molecule has 0 aliphatic carbocycles. The zero-order chi connectivity index (χ0) is 17.9. The van der Waals surface area contributed by atoms with E-state index in [0.29, 0.717) is 15.8 Å². The number of amidine groups is 1. The molecule has 0 atom stereocenters. The molecule has 4 rings (SSSR count). The minimum absolute atomic E-state index is 0.141. The summed E-state index contributed by atoms with van der Waals surface area (Å²) in [7, 11) is 0. The first-order valence-corrected chi connectivity index (χ1v) is 9.71. The molecule has 1 N–H and O–H groups in total. The number of anilines is 1. The lowest BCUT2D eigenvalue weighted by Gasteiger charge is -2.25. The van der Waals surface area contributed by atoms with Crippen molar-refractivity contribution in [2.75, 3.05) is 18.0 Å². The molecule has 0 bridgehead atoms. The Morgan fingerprint density at radius 2 is 1.96 bits per heavy atom. The third-order valence-corrected chi connectivity index (χ3v) is 5.45. The van der Waals surface area contributed by atoms with Crippen LogP contribution in [-0.2, 0) is 4.79 Å². The number of para-hydroxylation sites is 1. The van der Waals surface area contributed by atoms with Crippen molar-refractivity contribution in [3.63, 3.8) is 0 Å². The summed E-state index contributed by atoms with van der Waals surface area (Å²) in [4.78, 5) is 19.6. The van der Waals surface area contributed by atoms with Crippen molar-refractivity contribution >= 4 is 40.5 Å². The van der Waals surface area contributed by atoms with Crippen molar-refractivity contribution < 1.29 is 9.21 Å². The number of hydrogen-bond donors (Lipinski definition) is 1. The molecule has 2 fully saturated rings. The second kappa shape index (κ2) is 7.41. The van der Waals surface area contributed by atoms with Gasteiger partial charge in [-0.2, -0.15) is 0 Å². The molecule has 0 spiro atoms. The van der Waals surface area contributed by atoms with E-state index < -0.39 is 0 Å². The van der Waals surface area contributed by atoms with Crippen LogP contribution in [0.2, 0.25) is 0 Å². The van der Waals surface area contributed by atoms with Gasteiger partial charge < -0.3 is 14.6 Å². The van der Waals surface area contributed by atoms with E-state index in [0.717, 1.165) is 30.2 Å². The van der Waals surface area contributed by atoms with Gasteiger partial charge in [-0.25, -0.2) is 4.99 Å². The Bertz CT molecular complexity index is 879. The number of aryl methyl sites for hydroxylation is 1. The molecule has 5 nitrogen and oxygen atoms in total. The van der Waals surface area contributed by atoms with E-state index in [4.69, 9.17) is 4.42 Å². The minimum Gasteiger partial charge on any atom is -0.441 e.